The number of hydrogen-bond acceptors (Lipinski definition) is 13. The molecule has 4 heterocycles. The first-order valence-electron chi connectivity index (χ1n) is 10.1. The van der Waals surface area contributed by atoms with Crippen LogP contribution in [0.4, 0.5) is 33.3 Å². The molecular weight excluding hydrogens is 486 g/mol. The molecular formula is C21H17N11OS2. The second-order valence-corrected chi connectivity index (χ2v) is 8.56. The molecule has 0 fully saturated rings. The Kier molecular flexibility index (Phi) is 6.36. The van der Waals surface area contributed by atoms with Crippen LogP contribution in [-0.2, 0) is 0 Å². The molecule has 0 aliphatic rings. The van der Waals surface area contributed by atoms with Crippen LogP contribution < -0.4 is 26.6 Å². The third-order valence-corrected chi connectivity index (χ3v) is 5.91. The van der Waals surface area contributed by atoms with E-state index in [1.165, 1.54) is 22.7 Å². The number of nitrogens with two attached hydrogens (primary N) is 1. The smallest absolute Gasteiger partial charge is 0.250 e. The van der Waals surface area contributed by atoms with E-state index >= 15 is 0 Å². The lowest BCUT2D eigenvalue weighted by atomic mass is 10.1. The second kappa shape index (κ2) is 10.1. The summed E-state index contributed by atoms with van der Waals surface area (Å²) in [5.74, 6) is 0.0536. The normalized spacial score (nSPS) is 10.5. The van der Waals surface area contributed by atoms with Gasteiger partial charge in [0.05, 0.1) is 40.4 Å². The first-order chi connectivity index (χ1) is 17.2. The van der Waals surface area contributed by atoms with E-state index in [4.69, 9.17) is 5.73 Å². The Hall–Kier alpha value is -4.69. The summed E-state index contributed by atoms with van der Waals surface area (Å²) < 4.78 is 0. The molecule has 1 amide bonds. The topological polar surface area (TPSA) is 151 Å². The van der Waals surface area contributed by atoms with E-state index < -0.39 is 5.91 Å². The summed E-state index contributed by atoms with van der Waals surface area (Å²) in [5.41, 5.74) is 16.9. The summed E-state index contributed by atoms with van der Waals surface area (Å²) in [7, 11) is 0. The Morgan fingerprint density at radius 3 is 1.86 bits per heavy atom. The zero-order valence-electron chi connectivity index (χ0n) is 17.9. The van der Waals surface area contributed by atoms with E-state index in [0.717, 1.165) is 10.0 Å². The first kappa shape index (κ1) is 22.1. The average molecular weight is 504 g/mol. The highest BCUT2D eigenvalue weighted by Crippen LogP contribution is 2.33. The molecule has 0 saturated heterocycles. The molecule has 174 valence electrons. The fraction of sp³-hybridized carbons (Fsp3) is 0. The predicted molar refractivity (Wildman–Crippen MR) is 135 cm³/mol. The number of aromatic nitrogens is 6. The van der Waals surface area contributed by atoms with Gasteiger partial charge in [0.25, 0.3) is 5.91 Å². The van der Waals surface area contributed by atoms with Gasteiger partial charge in [-0.25, -0.2) is 30.0 Å². The van der Waals surface area contributed by atoms with Gasteiger partial charge in [0.15, 0.2) is 0 Å². The number of nitrogens with one attached hydrogen (secondary N) is 2. The molecule has 5 rings (SSSR count). The van der Waals surface area contributed by atoms with Gasteiger partial charge in [-0.1, -0.05) is 0 Å². The number of anilines is 6. The quantitative estimate of drug-likeness (QED) is 0.253. The second-order valence-electron chi connectivity index (χ2n) is 6.79. The number of hydrazine groups is 2. The van der Waals surface area contributed by atoms with Crippen molar-refractivity contribution in [2.45, 2.75) is 0 Å². The van der Waals surface area contributed by atoms with Crippen LogP contribution in [-0.4, -0.2) is 35.8 Å². The minimum absolute atomic E-state index is 0.221. The zero-order valence-corrected chi connectivity index (χ0v) is 19.5. The predicted octanol–water partition coefficient (Wildman–Crippen LogP) is 3.61. The molecule has 0 saturated carbocycles. The Bertz CT molecular complexity index is 1380. The summed E-state index contributed by atoms with van der Waals surface area (Å²) in [6, 6.07) is 8.61. The Balaban J connectivity index is 1.59. The number of carbonyl (C=O) groups excluding carboxylic acids is 1. The molecule has 5 aromatic rings. The van der Waals surface area contributed by atoms with Crippen molar-refractivity contribution in [2.75, 3.05) is 20.9 Å². The Labute approximate surface area is 207 Å². The highest BCUT2D eigenvalue weighted by atomic mass is 32.1. The van der Waals surface area contributed by atoms with Crippen LogP contribution in [0.25, 0.3) is 0 Å². The Morgan fingerprint density at radius 1 is 0.800 bits per heavy atom. The molecule has 0 aliphatic carbocycles. The van der Waals surface area contributed by atoms with Crippen LogP contribution in [0.1, 0.15) is 10.4 Å². The highest BCUT2D eigenvalue weighted by Gasteiger charge is 2.22. The molecule has 14 heteroatoms. The molecule has 0 aliphatic heterocycles. The Morgan fingerprint density at radius 2 is 1.34 bits per heavy atom. The van der Waals surface area contributed by atoms with E-state index in [0.29, 0.717) is 23.3 Å². The molecule has 0 bridgehead atoms. The van der Waals surface area contributed by atoms with Gasteiger partial charge in [-0.3, -0.25) is 25.6 Å². The van der Waals surface area contributed by atoms with Crippen molar-refractivity contribution < 1.29 is 4.79 Å². The van der Waals surface area contributed by atoms with Gasteiger partial charge in [-0.2, -0.15) is 0 Å². The summed E-state index contributed by atoms with van der Waals surface area (Å²) >= 11 is 2.80. The SMILES string of the molecule is NC(=O)c1cc(N(Nc2cncs2)c2ncccn2)ccc1N(Nc1cncs1)c1ncccn1. The van der Waals surface area contributed by atoms with Crippen LogP contribution in [0.15, 0.2) is 78.5 Å². The molecule has 1 aromatic carbocycles. The highest BCUT2D eigenvalue weighted by molar-refractivity contribution is 7.14. The average Bonchev–Trinajstić information content (AvgIpc) is 3.61. The summed E-state index contributed by atoms with van der Waals surface area (Å²) in [6.45, 7) is 0. The van der Waals surface area contributed by atoms with Crippen LogP contribution in [0.2, 0.25) is 0 Å². The maximum Gasteiger partial charge on any atom is 0.250 e. The maximum atomic E-state index is 12.6. The number of benzene rings is 1. The standard InChI is InChI=1S/C21H17N11OS2/c22-19(33)15-9-14(31(20-25-5-1-6-26-20)29-17-10-23-12-34-17)3-4-16(15)32(21-27-7-2-8-28-21)30-18-11-24-13-35-18/h1-13,29-30H,(H2,22,33). The van der Waals surface area contributed by atoms with E-state index in [2.05, 4.69) is 40.8 Å². The van der Waals surface area contributed by atoms with Crippen molar-refractivity contribution >= 4 is 61.9 Å². The molecule has 0 atom stereocenters. The third kappa shape index (κ3) is 4.97. The molecule has 12 nitrogen and oxygen atoms in total. The largest absolute Gasteiger partial charge is 0.366 e. The molecule has 4 N–H and O–H groups in total. The van der Waals surface area contributed by atoms with Gasteiger partial charge in [0, 0.05) is 24.8 Å². The van der Waals surface area contributed by atoms with Crippen LogP contribution in [0.5, 0.6) is 0 Å². The molecule has 0 unspecified atom stereocenters. The minimum atomic E-state index is -0.638. The number of hydrogen-bond donors (Lipinski definition) is 3. The number of nitrogens with zero attached hydrogens (tertiary/aromatic N) is 8. The van der Waals surface area contributed by atoms with Gasteiger partial charge in [0.1, 0.15) is 10.0 Å². The molecule has 35 heavy (non-hydrogen) atoms. The maximum absolute atomic E-state index is 12.6. The van der Waals surface area contributed by atoms with E-state index in [1.807, 2.05) is 0 Å². The lowest BCUT2D eigenvalue weighted by Crippen LogP contribution is -2.30. The summed E-state index contributed by atoms with van der Waals surface area (Å²) in [6.07, 6.45) is 9.80. The zero-order chi connectivity index (χ0) is 24.0. The van der Waals surface area contributed by atoms with Gasteiger partial charge >= 0.3 is 0 Å². The summed E-state index contributed by atoms with van der Waals surface area (Å²) in [5, 5.41) is 4.71. The number of amides is 1. The summed E-state index contributed by atoms with van der Waals surface area (Å²) in [4.78, 5) is 38.1. The van der Waals surface area contributed by atoms with E-state index in [1.54, 1.807) is 88.6 Å². The van der Waals surface area contributed by atoms with Crippen molar-refractivity contribution in [3.63, 3.8) is 0 Å². The van der Waals surface area contributed by atoms with Crippen molar-refractivity contribution in [1.29, 1.82) is 0 Å². The minimum Gasteiger partial charge on any atom is -0.366 e. The van der Waals surface area contributed by atoms with Crippen molar-refractivity contribution in [2.24, 2.45) is 5.73 Å². The third-order valence-electron chi connectivity index (χ3n) is 4.56. The van der Waals surface area contributed by atoms with E-state index in [-0.39, 0.29) is 5.56 Å². The fourth-order valence-electron chi connectivity index (χ4n) is 3.08. The van der Waals surface area contributed by atoms with Crippen molar-refractivity contribution in [1.82, 2.24) is 29.9 Å². The monoisotopic (exact) mass is 503 g/mol. The molecule has 0 spiro atoms. The van der Waals surface area contributed by atoms with Crippen molar-refractivity contribution in [3.05, 3.63) is 84.1 Å². The lowest BCUT2D eigenvalue weighted by Gasteiger charge is -2.27. The molecule has 0 radical (unpaired) electrons. The molecule has 4 aromatic heterocycles. The number of thiazole rings is 2. The fourth-order valence-corrected chi connectivity index (χ4v) is 4.08. The van der Waals surface area contributed by atoms with Gasteiger partial charge in [-0.05, 0) is 30.3 Å². The van der Waals surface area contributed by atoms with Crippen LogP contribution in [0.3, 0.4) is 0 Å². The first-order valence-corrected chi connectivity index (χ1v) is 11.8. The number of rotatable bonds is 9. The van der Waals surface area contributed by atoms with E-state index in [9.17, 15) is 4.79 Å². The number of primary amides is 1. The van der Waals surface area contributed by atoms with Crippen LogP contribution in [0, 0.1) is 0 Å². The lowest BCUT2D eigenvalue weighted by molar-refractivity contribution is 0.100. The van der Waals surface area contributed by atoms with Crippen molar-refractivity contribution in [3.8, 4) is 0 Å². The van der Waals surface area contributed by atoms with Crippen LogP contribution >= 0.6 is 22.7 Å². The van der Waals surface area contributed by atoms with Gasteiger partial charge in [-0.15, -0.1) is 22.7 Å². The van der Waals surface area contributed by atoms with Gasteiger partial charge < -0.3 is 5.73 Å². The number of carbonyl (C=O) groups is 1. The van der Waals surface area contributed by atoms with Gasteiger partial charge in [0.2, 0.25) is 11.9 Å².